The Kier molecular flexibility index (Phi) is 4.75. The lowest BCUT2D eigenvalue weighted by Crippen LogP contribution is -2.32. The van der Waals surface area contributed by atoms with Gasteiger partial charge in [0.25, 0.3) is 0 Å². The number of aromatic nitrogens is 6. The molecule has 3 heterocycles. The zero-order valence-electron chi connectivity index (χ0n) is 14.7. The molecule has 7 heteroatoms. The molecular formula is C16H27N7. The van der Waals surface area contributed by atoms with E-state index in [-0.39, 0.29) is 0 Å². The molecule has 2 aromatic rings. The summed E-state index contributed by atoms with van der Waals surface area (Å²) in [5.41, 5.74) is 2.60. The van der Waals surface area contributed by atoms with Crippen molar-refractivity contribution in [2.45, 2.75) is 65.6 Å². The highest BCUT2D eigenvalue weighted by molar-refractivity contribution is 5.21. The molecule has 0 spiro atoms. The first kappa shape index (κ1) is 16.1. The topological polar surface area (TPSA) is 64.7 Å². The van der Waals surface area contributed by atoms with E-state index in [9.17, 15) is 0 Å². The van der Waals surface area contributed by atoms with E-state index >= 15 is 0 Å². The number of imidazole rings is 1. The zero-order chi connectivity index (χ0) is 16.4. The SMILES string of the molecule is CCCCn1nnnc1CN1CCc2c(nc(C(C)C)n2C)C1. The fourth-order valence-corrected chi connectivity index (χ4v) is 3.27. The quantitative estimate of drug-likeness (QED) is 0.814. The first-order valence-electron chi connectivity index (χ1n) is 8.61. The Morgan fingerprint density at radius 3 is 2.83 bits per heavy atom. The molecule has 0 radical (unpaired) electrons. The maximum Gasteiger partial charge on any atom is 0.165 e. The van der Waals surface area contributed by atoms with Crippen LogP contribution in [0.3, 0.4) is 0 Å². The lowest BCUT2D eigenvalue weighted by atomic mass is 10.1. The average molecular weight is 317 g/mol. The molecule has 0 amide bonds. The fraction of sp³-hybridized carbons (Fsp3) is 0.750. The molecule has 0 aromatic carbocycles. The molecule has 0 saturated carbocycles. The number of hydrogen-bond acceptors (Lipinski definition) is 5. The minimum Gasteiger partial charge on any atom is -0.335 e. The van der Waals surface area contributed by atoms with Crippen molar-refractivity contribution >= 4 is 0 Å². The second kappa shape index (κ2) is 6.78. The van der Waals surface area contributed by atoms with Crippen LogP contribution in [0, 0.1) is 0 Å². The van der Waals surface area contributed by atoms with Crippen molar-refractivity contribution in [1.29, 1.82) is 0 Å². The molecule has 23 heavy (non-hydrogen) atoms. The smallest absolute Gasteiger partial charge is 0.165 e. The predicted octanol–water partition coefficient (Wildman–Crippen LogP) is 1.89. The molecule has 126 valence electrons. The van der Waals surface area contributed by atoms with Gasteiger partial charge in [0.05, 0.1) is 12.2 Å². The van der Waals surface area contributed by atoms with E-state index < -0.39 is 0 Å². The van der Waals surface area contributed by atoms with E-state index in [1.165, 1.54) is 17.2 Å². The third-order valence-corrected chi connectivity index (χ3v) is 4.58. The molecule has 0 aliphatic carbocycles. The van der Waals surface area contributed by atoms with Crippen LogP contribution in [-0.2, 0) is 33.1 Å². The number of unbranched alkanes of at least 4 members (excludes halogenated alkanes) is 1. The Labute approximate surface area is 137 Å². The summed E-state index contributed by atoms with van der Waals surface area (Å²) in [5, 5.41) is 12.2. The normalized spacial score (nSPS) is 15.3. The number of rotatable bonds is 6. The van der Waals surface area contributed by atoms with Gasteiger partial charge in [0.2, 0.25) is 0 Å². The van der Waals surface area contributed by atoms with Gasteiger partial charge in [-0.3, -0.25) is 4.90 Å². The highest BCUT2D eigenvalue weighted by Gasteiger charge is 2.24. The second-order valence-electron chi connectivity index (χ2n) is 6.71. The van der Waals surface area contributed by atoms with Gasteiger partial charge in [-0.05, 0) is 16.8 Å². The maximum atomic E-state index is 4.86. The summed E-state index contributed by atoms with van der Waals surface area (Å²) in [6.07, 6.45) is 3.31. The van der Waals surface area contributed by atoms with E-state index in [4.69, 9.17) is 4.98 Å². The van der Waals surface area contributed by atoms with E-state index in [0.29, 0.717) is 5.92 Å². The number of hydrogen-bond donors (Lipinski definition) is 0. The van der Waals surface area contributed by atoms with Crippen molar-refractivity contribution in [1.82, 2.24) is 34.7 Å². The monoisotopic (exact) mass is 317 g/mol. The summed E-state index contributed by atoms with van der Waals surface area (Å²) in [6.45, 7) is 10.2. The Hall–Kier alpha value is -1.76. The van der Waals surface area contributed by atoms with Crippen molar-refractivity contribution in [2.75, 3.05) is 6.54 Å². The Bertz CT molecular complexity index is 655. The average Bonchev–Trinajstić information content (AvgIpc) is 3.10. The summed E-state index contributed by atoms with van der Waals surface area (Å²) in [7, 11) is 2.14. The van der Waals surface area contributed by atoms with E-state index in [0.717, 1.165) is 51.3 Å². The summed E-state index contributed by atoms with van der Waals surface area (Å²) in [6, 6.07) is 0. The van der Waals surface area contributed by atoms with Gasteiger partial charge >= 0.3 is 0 Å². The van der Waals surface area contributed by atoms with Crippen molar-refractivity contribution in [2.24, 2.45) is 7.05 Å². The first-order chi connectivity index (χ1) is 11.1. The third kappa shape index (κ3) is 3.29. The summed E-state index contributed by atoms with van der Waals surface area (Å²) >= 11 is 0. The molecule has 7 nitrogen and oxygen atoms in total. The molecule has 0 unspecified atom stereocenters. The fourth-order valence-electron chi connectivity index (χ4n) is 3.27. The van der Waals surface area contributed by atoms with Crippen LogP contribution in [0.25, 0.3) is 0 Å². The van der Waals surface area contributed by atoms with Crippen LogP contribution in [0.15, 0.2) is 0 Å². The number of fused-ring (bicyclic) bond motifs is 1. The number of nitrogens with zero attached hydrogens (tertiary/aromatic N) is 7. The highest BCUT2D eigenvalue weighted by Crippen LogP contribution is 2.23. The number of tetrazole rings is 1. The summed E-state index contributed by atoms with van der Waals surface area (Å²) < 4.78 is 4.22. The summed E-state index contributed by atoms with van der Waals surface area (Å²) in [5.74, 6) is 2.60. The first-order valence-corrected chi connectivity index (χ1v) is 8.61. The predicted molar refractivity (Wildman–Crippen MR) is 87.8 cm³/mol. The largest absolute Gasteiger partial charge is 0.335 e. The molecular weight excluding hydrogens is 290 g/mol. The van der Waals surface area contributed by atoms with Crippen LogP contribution in [0.1, 0.15) is 62.6 Å². The van der Waals surface area contributed by atoms with Crippen molar-refractivity contribution < 1.29 is 0 Å². The lowest BCUT2D eigenvalue weighted by Gasteiger charge is -2.25. The van der Waals surface area contributed by atoms with Crippen LogP contribution in [0.5, 0.6) is 0 Å². The minimum absolute atomic E-state index is 0.459. The van der Waals surface area contributed by atoms with Crippen molar-refractivity contribution in [3.63, 3.8) is 0 Å². The molecule has 0 saturated heterocycles. The van der Waals surface area contributed by atoms with E-state index in [1.54, 1.807) is 0 Å². The van der Waals surface area contributed by atoms with Crippen LogP contribution in [0.4, 0.5) is 0 Å². The van der Waals surface area contributed by atoms with E-state index in [2.05, 4.69) is 52.8 Å². The van der Waals surface area contributed by atoms with Crippen molar-refractivity contribution in [3.05, 3.63) is 23.0 Å². The molecule has 1 aliphatic heterocycles. The molecule has 0 fully saturated rings. The van der Waals surface area contributed by atoms with Crippen LogP contribution >= 0.6 is 0 Å². The van der Waals surface area contributed by atoms with Crippen LogP contribution in [-0.4, -0.2) is 41.2 Å². The van der Waals surface area contributed by atoms with Gasteiger partial charge in [-0.15, -0.1) is 5.10 Å². The standard InChI is InChI=1S/C16H27N7/c1-5-6-8-23-15(18-19-20-23)11-22-9-7-14-13(10-22)17-16(12(2)3)21(14)4/h12H,5-11H2,1-4H3. The zero-order valence-corrected chi connectivity index (χ0v) is 14.7. The van der Waals surface area contributed by atoms with Gasteiger partial charge in [0.15, 0.2) is 5.82 Å². The van der Waals surface area contributed by atoms with Gasteiger partial charge in [-0.1, -0.05) is 27.2 Å². The molecule has 1 aliphatic rings. The highest BCUT2D eigenvalue weighted by atomic mass is 15.5. The molecule has 0 N–H and O–H groups in total. The lowest BCUT2D eigenvalue weighted by molar-refractivity contribution is 0.229. The maximum absolute atomic E-state index is 4.86. The molecule has 2 aromatic heterocycles. The van der Waals surface area contributed by atoms with Gasteiger partial charge in [0, 0.05) is 44.7 Å². The molecule has 3 rings (SSSR count). The van der Waals surface area contributed by atoms with Gasteiger partial charge in [-0.25, -0.2) is 9.67 Å². The van der Waals surface area contributed by atoms with Gasteiger partial charge in [-0.2, -0.15) is 0 Å². The minimum atomic E-state index is 0.459. The Balaban J connectivity index is 1.70. The molecule has 0 atom stereocenters. The van der Waals surface area contributed by atoms with Crippen LogP contribution < -0.4 is 0 Å². The van der Waals surface area contributed by atoms with Gasteiger partial charge in [0.1, 0.15) is 5.82 Å². The Morgan fingerprint density at radius 2 is 2.09 bits per heavy atom. The second-order valence-corrected chi connectivity index (χ2v) is 6.71. The summed E-state index contributed by atoms with van der Waals surface area (Å²) in [4.78, 5) is 7.26. The number of aryl methyl sites for hydroxylation is 1. The van der Waals surface area contributed by atoms with Crippen molar-refractivity contribution in [3.8, 4) is 0 Å². The van der Waals surface area contributed by atoms with Gasteiger partial charge < -0.3 is 4.57 Å². The third-order valence-electron chi connectivity index (χ3n) is 4.58. The van der Waals surface area contributed by atoms with E-state index in [1.807, 2.05) is 4.68 Å². The Morgan fingerprint density at radius 1 is 1.26 bits per heavy atom. The van der Waals surface area contributed by atoms with Crippen LogP contribution in [0.2, 0.25) is 0 Å². The molecule has 0 bridgehead atoms.